The molecule has 5 nitrogen and oxygen atoms in total. The van der Waals surface area contributed by atoms with Crippen LogP contribution in [0.3, 0.4) is 0 Å². The van der Waals surface area contributed by atoms with Crippen molar-refractivity contribution in [1.82, 2.24) is 9.88 Å². The highest BCUT2D eigenvalue weighted by Gasteiger charge is 2.42. The second-order valence-corrected chi connectivity index (χ2v) is 14.5. The molecule has 7 heteroatoms. The molecule has 0 radical (unpaired) electrons. The molecule has 2 aromatic rings. The number of hydrogen-bond donors (Lipinski definition) is 0. The molecule has 4 rings (SSSR count). The number of carbonyl (C=O) groups is 1. The summed E-state index contributed by atoms with van der Waals surface area (Å²) in [6.07, 6.45) is 2.21. The van der Waals surface area contributed by atoms with Gasteiger partial charge in [-0.1, -0.05) is 20.8 Å². The molecule has 2 heterocycles. The Morgan fingerprint density at radius 1 is 1.36 bits per heavy atom. The van der Waals surface area contributed by atoms with Gasteiger partial charge in [-0.05, 0) is 48.2 Å². The second-order valence-electron chi connectivity index (χ2n) is 9.78. The maximum atomic E-state index is 14.8. The van der Waals surface area contributed by atoms with Gasteiger partial charge in [-0.2, -0.15) is 0 Å². The molecule has 0 amide bonds. The highest BCUT2D eigenvalue weighted by molar-refractivity contribution is 6.74. The lowest BCUT2D eigenvalue weighted by molar-refractivity contribution is -0.110. The summed E-state index contributed by atoms with van der Waals surface area (Å²) in [4.78, 5) is 17.7. The summed E-state index contributed by atoms with van der Waals surface area (Å²) < 4.78 is 27.0. The van der Waals surface area contributed by atoms with Gasteiger partial charge in [-0.25, -0.2) is 9.37 Å². The van der Waals surface area contributed by atoms with E-state index in [1.165, 1.54) is 0 Å². The van der Waals surface area contributed by atoms with Crippen molar-refractivity contribution < 1.29 is 18.0 Å². The van der Waals surface area contributed by atoms with E-state index >= 15 is 0 Å². The molecule has 1 fully saturated rings. The van der Waals surface area contributed by atoms with Crippen molar-refractivity contribution in [3.63, 3.8) is 0 Å². The lowest BCUT2D eigenvalue weighted by Crippen LogP contribution is -2.57. The molecule has 1 atom stereocenters. The number of likely N-dealkylation sites (tertiary alicyclic amines) is 1. The van der Waals surface area contributed by atoms with Crippen LogP contribution >= 0.6 is 0 Å². The predicted molar refractivity (Wildman–Crippen MR) is 108 cm³/mol. The number of aromatic nitrogens is 1. The van der Waals surface area contributed by atoms with Crippen molar-refractivity contribution in [3.05, 3.63) is 28.9 Å². The van der Waals surface area contributed by atoms with Gasteiger partial charge in [0, 0.05) is 19.0 Å². The first-order valence-corrected chi connectivity index (χ1v) is 12.9. The fourth-order valence-electron chi connectivity index (χ4n) is 3.86. The minimum atomic E-state index is -1.75. The number of fused-ring (bicyclic) bond motifs is 2. The molecule has 1 aromatic heterocycles. The van der Waals surface area contributed by atoms with Gasteiger partial charge in [0.1, 0.15) is 11.8 Å². The van der Waals surface area contributed by atoms with Gasteiger partial charge in [-0.3, -0.25) is 4.90 Å². The van der Waals surface area contributed by atoms with Crippen molar-refractivity contribution in [1.29, 1.82) is 0 Å². The largest absolute Gasteiger partial charge is 0.436 e. The number of carbonyl (C=O) groups excluding carboxylic acids is 1. The smallest absolute Gasteiger partial charge is 0.209 e. The minimum absolute atomic E-state index is 0.130. The van der Waals surface area contributed by atoms with Gasteiger partial charge in [0.2, 0.25) is 5.89 Å². The Kier molecular flexibility index (Phi) is 4.75. The van der Waals surface area contributed by atoms with Crippen LogP contribution in [0, 0.1) is 11.7 Å². The second kappa shape index (κ2) is 6.74. The third kappa shape index (κ3) is 3.44. The Hall–Kier alpha value is -1.57. The normalized spacial score (nSPS) is 21.1. The van der Waals surface area contributed by atoms with E-state index in [2.05, 4.69) is 43.7 Å². The third-order valence-corrected chi connectivity index (χ3v) is 11.1. The zero-order chi connectivity index (χ0) is 20.3. The third-order valence-electron chi connectivity index (χ3n) is 6.55. The van der Waals surface area contributed by atoms with Crippen LogP contribution in [0.1, 0.15) is 37.8 Å². The molecule has 0 bridgehead atoms. The minimum Gasteiger partial charge on any atom is -0.436 e. The van der Waals surface area contributed by atoms with E-state index in [4.69, 9.17) is 8.84 Å². The van der Waals surface area contributed by atoms with Crippen LogP contribution in [-0.2, 0) is 28.6 Å². The van der Waals surface area contributed by atoms with Crippen LogP contribution in [0.2, 0.25) is 18.1 Å². The Morgan fingerprint density at radius 2 is 2.07 bits per heavy atom. The van der Waals surface area contributed by atoms with E-state index in [0.29, 0.717) is 36.4 Å². The molecule has 0 N–H and O–H groups in total. The van der Waals surface area contributed by atoms with E-state index in [1.54, 1.807) is 0 Å². The maximum Gasteiger partial charge on any atom is 0.209 e. The van der Waals surface area contributed by atoms with Gasteiger partial charge in [0.05, 0.1) is 12.6 Å². The number of rotatable bonds is 5. The van der Waals surface area contributed by atoms with Crippen molar-refractivity contribution >= 4 is 25.7 Å². The van der Waals surface area contributed by atoms with Gasteiger partial charge in [0.15, 0.2) is 19.7 Å². The van der Waals surface area contributed by atoms with E-state index in [-0.39, 0.29) is 28.5 Å². The summed E-state index contributed by atoms with van der Waals surface area (Å²) in [5.74, 6) is 0.0584. The Morgan fingerprint density at radius 3 is 2.71 bits per heavy atom. The Balaban J connectivity index is 1.41. The van der Waals surface area contributed by atoms with Crippen LogP contribution in [0.15, 0.2) is 10.5 Å². The topological polar surface area (TPSA) is 55.6 Å². The Labute approximate surface area is 166 Å². The van der Waals surface area contributed by atoms with Gasteiger partial charge in [0.25, 0.3) is 0 Å². The molecule has 1 aromatic carbocycles. The predicted octanol–water partition coefficient (Wildman–Crippen LogP) is 4.09. The summed E-state index contributed by atoms with van der Waals surface area (Å²) in [6.45, 7) is 13.6. The fourth-order valence-corrected chi connectivity index (χ4v) is 5.19. The zero-order valence-electron chi connectivity index (χ0n) is 17.3. The first kappa shape index (κ1) is 19.7. The molecular formula is C21H29FN2O3Si. The monoisotopic (exact) mass is 404 g/mol. The molecule has 28 heavy (non-hydrogen) atoms. The van der Waals surface area contributed by atoms with Gasteiger partial charge < -0.3 is 13.6 Å². The highest BCUT2D eigenvalue weighted by Crippen LogP contribution is 2.38. The highest BCUT2D eigenvalue weighted by atomic mass is 28.4. The fraction of sp³-hybridized carbons (Fsp3) is 0.619. The number of oxazole rings is 1. The number of halogens is 1. The standard InChI is InChI=1S/C21H29FN2O3Si/c1-21(2,3)28(4,5)27-15-9-24(10-15)11-18-23-17-8-14-6-13(12-25)7-16(14)19(22)20(17)26-18/h8,12-13,15H,6-7,9-11H2,1-5H3. The molecule has 0 spiro atoms. The van der Waals surface area contributed by atoms with Crippen LogP contribution in [0.4, 0.5) is 4.39 Å². The van der Waals surface area contributed by atoms with Crippen molar-refractivity contribution in [2.75, 3.05) is 13.1 Å². The molecule has 1 unspecified atom stereocenters. The summed E-state index contributed by atoms with van der Waals surface area (Å²) in [5.41, 5.74) is 2.26. The molecule has 1 aliphatic heterocycles. The van der Waals surface area contributed by atoms with E-state index in [9.17, 15) is 9.18 Å². The van der Waals surface area contributed by atoms with Crippen molar-refractivity contribution in [2.24, 2.45) is 5.92 Å². The summed E-state index contributed by atoms with van der Waals surface area (Å²) in [6, 6.07) is 1.88. The van der Waals surface area contributed by atoms with Crippen molar-refractivity contribution in [3.8, 4) is 0 Å². The summed E-state index contributed by atoms with van der Waals surface area (Å²) in [5, 5.41) is 0.203. The summed E-state index contributed by atoms with van der Waals surface area (Å²) in [7, 11) is -1.75. The Bertz CT molecular complexity index is 912. The maximum absolute atomic E-state index is 14.8. The van der Waals surface area contributed by atoms with Gasteiger partial charge >= 0.3 is 0 Å². The van der Waals surface area contributed by atoms with E-state index in [0.717, 1.165) is 24.9 Å². The number of nitrogens with zero attached hydrogens (tertiary/aromatic N) is 2. The van der Waals surface area contributed by atoms with Crippen LogP contribution < -0.4 is 0 Å². The quantitative estimate of drug-likeness (QED) is 0.555. The first-order chi connectivity index (χ1) is 13.1. The van der Waals surface area contributed by atoms with Crippen molar-refractivity contribution in [2.45, 2.75) is 64.4 Å². The number of benzene rings is 1. The average Bonchev–Trinajstić information content (AvgIpc) is 3.15. The van der Waals surface area contributed by atoms with E-state index < -0.39 is 8.32 Å². The molecule has 1 saturated heterocycles. The lowest BCUT2D eigenvalue weighted by atomic mass is 10.1. The SMILES string of the molecule is CC(C)(C)[Si](C)(C)OC1CN(Cc2nc3cc4c(c(F)c3o2)CC(C=O)C4)C1. The molecule has 2 aliphatic rings. The number of hydrogen-bond acceptors (Lipinski definition) is 5. The molecule has 0 saturated carbocycles. The summed E-state index contributed by atoms with van der Waals surface area (Å²) >= 11 is 0. The van der Waals surface area contributed by atoms with Gasteiger partial charge in [-0.15, -0.1) is 0 Å². The zero-order valence-corrected chi connectivity index (χ0v) is 18.3. The first-order valence-electron chi connectivity index (χ1n) is 10.0. The average molecular weight is 405 g/mol. The van der Waals surface area contributed by atoms with E-state index in [1.807, 2.05) is 6.07 Å². The lowest BCUT2D eigenvalue weighted by Gasteiger charge is -2.46. The van der Waals surface area contributed by atoms with Crippen LogP contribution in [-0.4, -0.2) is 43.7 Å². The molecule has 152 valence electrons. The van der Waals surface area contributed by atoms with Crippen LogP contribution in [0.5, 0.6) is 0 Å². The molecule has 1 aliphatic carbocycles. The molecular weight excluding hydrogens is 375 g/mol. The van der Waals surface area contributed by atoms with Crippen LogP contribution in [0.25, 0.3) is 11.1 Å². The number of aldehydes is 1.